The maximum atomic E-state index is 11.0. The van der Waals surface area contributed by atoms with Crippen molar-refractivity contribution in [2.75, 3.05) is 13.1 Å². The van der Waals surface area contributed by atoms with Crippen molar-refractivity contribution in [1.82, 2.24) is 4.90 Å². The zero-order valence-corrected chi connectivity index (χ0v) is 11.1. The second-order valence-corrected chi connectivity index (χ2v) is 5.42. The molecule has 100 valence electrons. The van der Waals surface area contributed by atoms with Crippen LogP contribution < -0.4 is 0 Å². The van der Waals surface area contributed by atoms with Gasteiger partial charge >= 0.3 is 5.97 Å². The quantitative estimate of drug-likeness (QED) is 0.894. The molecule has 0 saturated carbocycles. The van der Waals surface area contributed by atoms with Crippen LogP contribution in [0.25, 0.3) is 0 Å². The maximum absolute atomic E-state index is 11.0. The molecule has 18 heavy (non-hydrogen) atoms. The van der Waals surface area contributed by atoms with Gasteiger partial charge in [-0.15, -0.1) is 0 Å². The van der Waals surface area contributed by atoms with E-state index in [4.69, 9.17) is 9.52 Å². The van der Waals surface area contributed by atoms with Gasteiger partial charge in [0, 0.05) is 0 Å². The van der Waals surface area contributed by atoms with Crippen molar-refractivity contribution in [3.05, 3.63) is 23.7 Å². The van der Waals surface area contributed by atoms with E-state index in [1.54, 1.807) is 0 Å². The number of piperidine rings is 1. The van der Waals surface area contributed by atoms with Crippen LogP contribution in [0.5, 0.6) is 0 Å². The first-order valence-corrected chi connectivity index (χ1v) is 6.60. The fourth-order valence-corrected chi connectivity index (χ4v) is 2.63. The molecule has 0 radical (unpaired) electrons. The lowest BCUT2D eigenvalue weighted by molar-refractivity contribution is 0.0691. The van der Waals surface area contributed by atoms with Crippen LogP contribution in [0.1, 0.15) is 42.8 Å². The Bertz CT molecular complexity index is 403. The minimum Gasteiger partial charge on any atom is -0.478 e. The summed E-state index contributed by atoms with van der Waals surface area (Å²) in [6.07, 6.45) is 3.85. The van der Waals surface area contributed by atoms with Crippen LogP contribution >= 0.6 is 0 Å². The molecule has 0 bridgehead atoms. The van der Waals surface area contributed by atoms with Crippen molar-refractivity contribution in [2.45, 2.75) is 33.2 Å². The Hall–Kier alpha value is -1.29. The Labute approximate surface area is 108 Å². The first kappa shape index (κ1) is 13.1. The predicted molar refractivity (Wildman–Crippen MR) is 68.5 cm³/mol. The lowest BCUT2D eigenvalue weighted by Gasteiger charge is -2.33. The van der Waals surface area contributed by atoms with Crippen LogP contribution in [0, 0.1) is 11.8 Å². The van der Waals surface area contributed by atoms with E-state index >= 15 is 0 Å². The molecule has 1 aromatic heterocycles. The van der Waals surface area contributed by atoms with E-state index in [-0.39, 0.29) is 0 Å². The summed E-state index contributed by atoms with van der Waals surface area (Å²) in [5.41, 5.74) is 0.293. The average molecular weight is 251 g/mol. The fourth-order valence-electron chi connectivity index (χ4n) is 2.63. The van der Waals surface area contributed by atoms with Crippen LogP contribution in [-0.2, 0) is 6.54 Å². The van der Waals surface area contributed by atoms with Crippen LogP contribution in [0.15, 0.2) is 16.7 Å². The summed E-state index contributed by atoms with van der Waals surface area (Å²) in [6.45, 7) is 7.22. The molecular weight excluding hydrogens is 230 g/mol. The van der Waals surface area contributed by atoms with E-state index in [9.17, 15) is 4.79 Å². The molecule has 1 saturated heterocycles. The highest BCUT2D eigenvalue weighted by Crippen LogP contribution is 2.25. The number of carbonyl (C=O) groups is 1. The number of hydrogen-bond donors (Lipinski definition) is 1. The van der Waals surface area contributed by atoms with E-state index in [1.165, 1.54) is 25.2 Å². The third-order valence-corrected chi connectivity index (χ3v) is 3.92. The van der Waals surface area contributed by atoms with Gasteiger partial charge in [0.1, 0.15) is 11.3 Å². The Morgan fingerprint density at radius 3 is 2.72 bits per heavy atom. The standard InChI is InChI=1S/C14H21NO3/c1-10(2)11-3-6-15(7-4-11)9-13-12(14(16)17)5-8-18-13/h5,8,10-11H,3-4,6-7,9H2,1-2H3,(H,16,17). The second kappa shape index (κ2) is 5.57. The summed E-state index contributed by atoms with van der Waals surface area (Å²) in [5, 5.41) is 9.02. The zero-order valence-electron chi connectivity index (χ0n) is 11.1. The number of aromatic carboxylic acids is 1. The smallest absolute Gasteiger partial charge is 0.339 e. The largest absolute Gasteiger partial charge is 0.478 e. The zero-order chi connectivity index (χ0) is 13.1. The molecule has 1 fully saturated rings. The van der Waals surface area contributed by atoms with Crippen molar-refractivity contribution in [1.29, 1.82) is 0 Å². The molecule has 1 aliphatic heterocycles. The van der Waals surface area contributed by atoms with Gasteiger partial charge in [-0.2, -0.15) is 0 Å². The van der Waals surface area contributed by atoms with Crippen molar-refractivity contribution < 1.29 is 14.3 Å². The average Bonchev–Trinajstić information content (AvgIpc) is 2.78. The van der Waals surface area contributed by atoms with Crippen LogP contribution in [-0.4, -0.2) is 29.1 Å². The number of carboxylic acids is 1. The topological polar surface area (TPSA) is 53.7 Å². The van der Waals surface area contributed by atoms with Gasteiger partial charge in [-0.05, 0) is 43.8 Å². The monoisotopic (exact) mass is 251 g/mol. The number of hydrogen-bond acceptors (Lipinski definition) is 3. The van der Waals surface area contributed by atoms with E-state index in [1.807, 2.05) is 0 Å². The van der Waals surface area contributed by atoms with Gasteiger partial charge in [-0.3, -0.25) is 4.90 Å². The number of nitrogens with zero attached hydrogens (tertiary/aromatic N) is 1. The van der Waals surface area contributed by atoms with Gasteiger partial charge in [0.2, 0.25) is 0 Å². The summed E-state index contributed by atoms with van der Waals surface area (Å²) in [6, 6.07) is 1.53. The maximum Gasteiger partial charge on any atom is 0.339 e. The molecule has 1 aliphatic rings. The van der Waals surface area contributed by atoms with E-state index in [0.717, 1.165) is 24.9 Å². The minimum atomic E-state index is -0.907. The highest BCUT2D eigenvalue weighted by atomic mass is 16.4. The molecule has 0 amide bonds. The van der Waals surface area contributed by atoms with Gasteiger partial charge in [0.05, 0.1) is 12.8 Å². The summed E-state index contributed by atoms with van der Waals surface area (Å²) in [7, 11) is 0. The summed E-state index contributed by atoms with van der Waals surface area (Å²) in [4.78, 5) is 13.3. The predicted octanol–water partition coefficient (Wildman–Crippen LogP) is 2.85. The van der Waals surface area contributed by atoms with Gasteiger partial charge in [-0.25, -0.2) is 4.79 Å². The number of rotatable bonds is 4. The molecule has 0 unspecified atom stereocenters. The summed E-state index contributed by atoms with van der Waals surface area (Å²) >= 11 is 0. The van der Waals surface area contributed by atoms with E-state index in [0.29, 0.717) is 17.9 Å². The minimum absolute atomic E-state index is 0.293. The van der Waals surface area contributed by atoms with Crippen molar-refractivity contribution in [3.63, 3.8) is 0 Å². The molecule has 2 rings (SSSR count). The second-order valence-electron chi connectivity index (χ2n) is 5.42. The normalized spacial score (nSPS) is 18.4. The SMILES string of the molecule is CC(C)C1CCN(Cc2occc2C(=O)O)CC1. The Kier molecular flexibility index (Phi) is 4.07. The van der Waals surface area contributed by atoms with Gasteiger partial charge in [0.15, 0.2) is 0 Å². The molecule has 2 heterocycles. The molecule has 0 aromatic carbocycles. The molecule has 0 spiro atoms. The van der Waals surface area contributed by atoms with Crippen molar-refractivity contribution in [3.8, 4) is 0 Å². The first-order valence-electron chi connectivity index (χ1n) is 6.60. The van der Waals surface area contributed by atoms with Crippen LogP contribution in [0.2, 0.25) is 0 Å². The summed E-state index contributed by atoms with van der Waals surface area (Å²) in [5.74, 6) is 1.21. The van der Waals surface area contributed by atoms with E-state index < -0.39 is 5.97 Å². The Balaban J connectivity index is 1.91. The number of likely N-dealkylation sites (tertiary alicyclic amines) is 1. The molecular formula is C14H21NO3. The van der Waals surface area contributed by atoms with Crippen molar-refractivity contribution >= 4 is 5.97 Å². The van der Waals surface area contributed by atoms with E-state index in [2.05, 4.69) is 18.7 Å². The lowest BCUT2D eigenvalue weighted by Crippen LogP contribution is -2.34. The van der Waals surface area contributed by atoms with Gasteiger partial charge in [0.25, 0.3) is 0 Å². The summed E-state index contributed by atoms with van der Waals surface area (Å²) < 4.78 is 5.28. The third-order valence-electron chi connectivity index (χ3n) is 3.92. The first-order chi connectivity index (χ1) is 8.58. The highest BCUT2D eigenvalue weighted by Gasteiger charge is 2.23. The molecule has 4 nitrogen and oxygen atoms in total. The van der Waals surface area contributed by atoms with Crippen molar-refractivity contribution in [2.24, 2.45) is 11.8 Å². The van der Waals surface area contributed by atoms with Crippen LogP contribution in [0.3, 0.4) is 0 Å². The molecule has 1 N–H and O–H groups in total. The van der Waals surface area contributed by atoms with Crippen LogP contribution in [0.4, 0.5) is 0 Å². The number of furan rings is 1. The molecule has 0 aliphatic carbocycles. The molecule has 4 heteroatoms. The van der Waals surface area contributed by atoms with Gasteiger partial charge in [-0.1, -0.05) is 13.8 Å². The molecule has 0 atom stereocenters. The fraction of sp³-hybridized carbons (Fsp3) is 0.643. The highest BCUT2D eigenvalue weighted by molar-refractivity contribution is 5.88. The number of carboxylic acid groups (broad SMARTS) is 1. The molecule has 1 aromatic rings. The Morgan fingerprint density at radius 1 is 1.50 bits per heavy atom. The Morgan fingerprint density at radius 2 is 2.17 bits per heavy atom. The van der Waals surface area contributed by atoms with Gasteiger partial charge < -0.3 is 9.52 Å². The third kappa shape index (κ3) is 2.93. The lowest BCUT2D eigenvalue weighted by atomic mass is 9.87.